The smallest absolute Gasteiger partial charge is 0.387 e. The van der Waals surface area contributed by atoms with Crippen LogP contribution in [0.2, 0.25) is 0 Å². The van der Waals surface area contributed by atoms with E-state index in [1.807, 2.05) is 11.4 Å². The topological polar surface area (TPSA) is 21.3 Å². The van der Waals surface area contributed by atoms with Crippen LogP contribution in [0.5, 0.6) is 5.75 Å². The monoisotopic (exact) mass is 333 g/mol. The number of ether oxygens (including phenoxy) is 1. The first-order valence-corrected chi connectivity index (χ1v) is 6.82. The van der Waals surface area contributed by atoms with E-state index in [1.54, 1.807) is 29.5 Å². The maximum absolute atomic E-state index is 12.1. The molecular weight excluding hydrogens is 324 g/mol. The van der Waals surface area contributed by atoms with E-state index in [9.17, 15) is 8.78 Å². The molecule has 0 unspecified atom stereocenters. The quantitative estimate of drug-likeness (QED) is 0.854. The standard InChI is InChI=1S/C12H10BrF2NOS/c13-11-4-8(7-18-11)6-16-9-2-1-3-10(5-9)17-12(14)15/h1-5,7,12,16H,6H2. The molecule has 0 saturated heterocycles. The Morgan fingerprint density at radius 3 is 2.83 bits per heavy atom. The number of rotatable bonds is 5. The fourth-order valence-electron chi connectivity index (χ4n) is 1.42. The molecule has 0 aliphatic rings. The van der Waals surface area contributed by atoms with Gasteiger partial charge in [-0.3, -0.25) is 0 Å². The molecule has 0 fully saturated rings. The summed E-state index contributed by atoms with van der Waals surface area (Å²) in [5.74, 6) is 0.154. The van der Waals surface area contributed by atoms with Crippen molar-refractivity contribution in [1.29, 1.82) is 0 Å². The van der Waals surface area contributed by atoms with E-state index in [0.717, 1.165) is 15.0 Å². The summed E-state index contributed by atoms with van der Waals surface area (Å²) in [6.07, 6.45) is 0. The van der Waals surface area contributed by atoms with Gasteiger partial charge in [-0.15, -0.1) is 11.3 Å². The summed E-state index contributed by atoms with van der Waals surface area (Å²) in [4.78, 5) is 0. The molecule has 0 atom stereocenters. The molecule has 2 aromatic rings. The predicted octanol–water partition coefficient (Wildman–Crippen LogP) is 4.72. The lowest BCUT2D eigenvalue weighted by Gasteiger charge is -2.08. The van der Waals surface area contributed by atoms with Crippen LogP contribution >= 0.6 is 27.3 Å². The van der Waals surface area contributed by atoms with Gasteiger partial charge in [-0.25, -0.2) is 0 Å². The molecular formula is C12H10BrF2NOS. The van der Waals surface area contributed by atoms with Crippen molar-refractivity contribution < 1.29 is 13.5 Å². The van der Waals surface area contributed by atoms with Gasteiger partial charge in [0.1, 0.15) is 5.75 Å². The molecule has 1 aromatic heterocycles. The first-order chi connectivity index (χ1) is 8.63. The minimum Gasteiger partial charge on any atom is -0.435 e. The van der Waals surface area contributed by atoms with Crippen molar-refractivity contribution in [2.45, 2.75) is 13.2 Å². The van der Waals surface area contributed by atoms with Gasteiger partial charge in [-0.1, -0.05) is 6.07 Å². The number of anilines is 1. The van der Waals surface area contributed by atoms with Gasteiger partial charge in [0, 0.05) is 18.3 Å². The molecule has 18 heavy (non-hydrogen) atoms. The highest BCUT2D eigenvalue weighted by Gasteiger charge is 2.04. The summed E-state index contributed by atoms with van der Waals surface area (Å²) in [6, 6.07) is 8.53. The summed E-state index contributed by atoms with van der Waals surface area (Å²) in [5.41, 5.74) is 1.88. The fraction of sp³-hybridized carbons (Fsp3) is 0.167. The number of nitrogens with one attached hydrogen (secondary N) is 1. The van der Waals surface area contributed by atoms with Gasteiger partial charge < -0.3 is 10.1 Å². The molecule has 0 saturated carbocycles. The first-order valence-electron chi connectivity index (χ1n) is 5.15. The van der Waals surface area contributed by atoms with E-state index in [2.05, 4.69) is 26.0 Å². The summed E-state index contributed by atoms with van der Waals surface area (Å²) >= 11 is 4.99. The van der Waals surface area contributed by atoms with Crippen molar-refractivity contribution in [2.75, 3.05) is 5.32 Å². The number of thiophene rings is 1. The summed E-state index contributed by atoms with van der Waals surface area (Å²) in [6.45, 7) is -2.16. The molecule has 1 N–H and O–H groups in total. The Hall–Kier alpha value is -1.14. The Bertz CT molecular complexity index is 518. The van der Waals surface area contributed by atoms with Crippen LogP contribution in [0.3, 0.4) is 0 Å². The summed E-state index contributed by atoms with van der Waals surface area (Å²) in [7, 11) is 0. The Balaban J connectivity index is 1.96. The highest BCUT2D eigenvalue weighted by Crippen LogP contribution is 2.23. The molecule has 6 heteroatoms. The van der Waals surface area contributed by atoms with Crippen molar-refractivity contribution in [1.82, 2.24) is 0 Å². The molecule has 1 aromatic carbocycles. The number of alkyl halides is 2. The molecule has 1 heterocycles. The minimum atomic E-state index is -2.80. The van der Waals surface area contributed by atoms with Crippen molar-refractivity contribution in [3.8, 4) is 5.75 Å². The van der Waals surface area contributed by atoms with Crippen LogP contribution in [-0.4, -0.2) is 6.61 Å². The van der Waals surface area contributed by atoms with Gasteiger partial charge in [-0.05, 0) is 45.1 Å². The second-order valence-electron chi connectivity index (χ2n) is 3.52. The lowest BCUT2D eigenvalue weighted by atomic mass is 10.3. The van der Waals surface area contributed by atoms with Gasteiger partial charge in [0.15, 0.2) is 0 Å². The SMILES string of the molecule is FC(F)Oc1cccc(NCc2csc(Br)c2)c1. The highest BCUT2D eigenvalue weighted by atomic mass is 79.9. The Morgan fingerprint density at radius 2 is 2.17 bits per heavy atom. The average Bonchev–Trinajstić information content (AvgIpc) is 2.72. The van der Waals surface area contributed by atoms with Crippen LogP contribution in [-0.2, 0) is 6.54 Å². The minimum absolute atomic E-state index is 0.154. The molecule has 0 bridgehead atoms. The normalized spacial score (nSPS) is 10.7. The van der Waals surface area contributed by atoms with E-state index < -0.39 is 6.61 Å². The van der Waals surface area contributed by atoms with Gasteiger partial charge >= 0.3 is 6.61 Å². The molecule has 0 aliphatic heterocycles. The van der Waals surface area contributed by atoms with Gasteiger partial charge in [0.05, 0.1) is 3.79 Å². The summed E-state index contributed by atoms with van der Waals surface area (Å²) in [5, 5.41) is 5.17. The Labute approximate surface area is 116 Å². The number of hydrogen-bond acceptors (Lipinski definition) is 3. The lowest BCUT2D eigenvalue weighted by Crippen LogP contribution is -2.03. The first kappa shape index (κ1) is 13.3. The van der Waals surface area contributed by atoms with Crippen molar-refractivity contribution in [2.24, 2.45) is 0 Å². The van der Waals surface area contributed by atoms with Crippen molar-refractivity contribution >= 4 is 33.0 Å². The van der Waals surface area contributed by atoms with Gasteiger partial charge in [0.2, 0.25) is 0 Å². The fourth-order valence-corrected chi connectivity index (χ4v) is 2.63. The maximum Gasteiger partial charge on any atom is 0.387 e. The number of halogens is 3. The third-order valence-electron chi connectivity index (χ3n) is 2.18. The molecule has 0 radical (unpaired) electrons. The van der Waals surface area contributed by atoms with Crippen molar-refractivity contribution in [3.63, 3.8) is 0 Å². The van der Waals surface area contributed by atoms with E-state index in [1.165, 1.54) is 6.07 Å². The van der Waals surface area contributed by atoms with E-state index >= 15 is 0 Å². The van der Waals surface area contributed by atoms with Crippen LogP contribution in [0.25, 0.3) is 0 Å². The van der Waals surface area contributed by atoms with E-state index in [0.29, 0.717) is 6.54 Å². The third-order valence-corrected chi connectivity index (χ3v) is 3.73. The van der Waals surface area contributed by atoms with Crippen molar-refractivity contribution in [3.05, 3.63) is 45.1 Å². The highest BCUT2D eigenvalue weighted by molar-refractivity contribution is 9.11. The average molecular weight is 334 g/mol. The molecule has 0 aliphatic carbocycles. The zero-order valence-electron chi connectivity index (χ0n) is 9.20. The molecule has 2 rings (SSSR count). The van der Waals surface area contributed by atoms with Crippen LogP contribution in [0.15, 0.2) is 39.5 Å². The second-order valence-corrected chi connectivity index (χ2v) is 5.81. The lowest BCUT2D eigenvalue weighted by molar-refractivity contribution is -0.0498. The summed E-state index contributed by atoms with van der Waals surface area (Å²) < 4.78 is 29.5. The zero-order valence-corrected chi connectivity index (χ0v) is 11.6. The Morgan fingerprint density at radius 1 is 1.33 bits per heavy atom. The van der Waals surface area contributed by atoms with Gasteiger partial charge in [-0.2, -0.15) is 8.78 Å². The number of benzene rings is 1. The predicted molar refractivity (Wildman–Crippen MR) is 72.4 cm³/mol. The van der Waals surface area contributed by atoms with E-state index in [-0.39, 0.29) is 5.75 Å². The molecule has 0 spiro atoms. The molecule has 0 amide bonds. The second kappa shape index (κ2) is 6.15. The van der Waals surface area contributed by atoms with Crippen LogP contribution < -0.4 is 10.1 Å². The molecule has 96 valence electrons. The van der Waals surface area contributed by atoms with Gasteiger partial charge in [0.25, 0.3) is 0 Å². The maximum atomic E-state index is 12.1. The zero-order chi connectivity index (χ0) is 13.0. The Kier molecular flexibility index (Phi) is 4.54. The third kappa shape index (κ3) is 3.96. The number of hydrogen-bond donors (Lipinski definition) is 1. The van der Waals surface area contributed by atoms with Crippen LogP contribution in [0, 0.1) is 0 Å². The van der Waals surface area contributed by atoms with Crippen LogP contribution in [0.4, 0.5) is 14.5 Å². The molecule has 2 nitrogen and oxygen atoms in total. The largest absolute Gasteiger partial charge is 0.435 e. The van der Waals surface area contributed by atoms with E-state index in [4.69, 9.17) is 0 Å². The van der Waals surface area contributed by atoms with Crippen LogP contribution in [0.1, 0.15) is 5.56 Å².